The molecule has 70 valence electrons. The molecule has 1 aromatic rings. The van der Waals surface area contributed by atoms with E-state index in [-0.39, 0.29) is 0 Å². The number of benzene rings is 1. The van der Waals surface area contributed by atoms with Crippen molar-refractivity contribution in [3.05, 3.63) is 39.5 Å². The molecule has 1 nitrogen and oxygen atoms in total. The maximum Gasteiger partial charge on any atom is 0.0478 e. The highest BCUT2D eigenvalue weighted by Gasteiger charge is 1.93. The van der Waals surface area contributed by atoms with Gasteiger partial charge in [-0.05, 0) is 48.6 Å². The summed E-state index contributed by atoms with van der Waals surface area (Å²) in [4.78, 5) is 0. The zero-order valence-electron chi connectivity index (χ0n) is 7.97. The Bertz CT molecular complexity index is 301. The van der Waals surface area contributed by atoms with E-state index in [2.05, 4.69) is 60.0 Å². The molecule has 0 aromatic heterocycles. The van der Waals surface area contributed by atoms with Crippen molar-refractivity contribution in [2.45, 2.75) is 13.8 Å². The van der Waals surface area contributed by atoms with Crippen molar-refractivity contribution in [2.24, 2.45) is 0 Å². The molecule has 0 aliphatic rings. The van der Waals surface area contributed by atoms with Crippen LogP contribution in [0.4, 0.5) is 5.69 Å². The van der Waals surface area contributed by atoms with E-state index in [1.54, 1.807) is 0 Å². The highest BCUT2D eigenvalue weighted by molar-refractivity contribution is 14.1. The molecule has 1 N–H and O–H groups in total. The number of allylic oxidation sites excluding steroid dienone is 1. The fourth-order valence-corrected chi connectivity index (χ4v) is 1.55. The molecule has 0 unspecified atom stereocenters. The van der Waals surface area contributed by atoms with Gasteiger partial charge in [0.05, 0.1) is 0 Å². The van der Waals surface area contributed by atoms with E-state index in [9.17, 15) is 0 Å². The molecule has 0 fully saturated rings. The van der Waals surface area contributed by atoms with Crippen LogP contribution in [0.3, 0.4) is 0 Å². The van der Waals surface area contributed by atoms with Crippen LogP contribution in [0.2, 0.25) is 0 Å². The molecule has 0 aliphatic heterocycles. The molecule has 0 spiro atoms. The van der Waals surface area contributed by atoms with Gasteiger partial charge in [0.15, 0.2) is 0 Å². The van der Waals surface area contributed by atoms with Gasteiger partial charge in [0, 0.05) is 15.8 Å². The van der Waals surface area contributed by atoms with E-state index < -0.39 is 0 Å². The fraction of sp³-hybridized carbons (Fsp3) is 0.273. The van der Waals surface area contributed by atoms with Crippen molar-refractivity contribution in [3.63, 3.8) is 0 Å². The second-order valence-electron chi connectivity index (χ2n) is 3.14. The van der Waals surface area contributed by atoms with Gasteiger partial charge in [-0.15, -0.1) is 0 Å². The zero-order chi connectivity index (χ0) is 9.68. The number of hydrogen-bond acceptors (Lipinski definition) is 1. The Labute approximate surface area is 93.4 Å². The monoisotopic (exact) mass is 287 g/mol. The van der Waals surface area contributed by atoms with Gasteiger partial charge in [0.2, 0.25) is 0 Å². The number of nitrogens with one attached hydrogen (secondary N) is 1. The molecule has 1 rings (SSSR count). The molecule has 0 atom stereocenters. The SMILES string of the molecule is CC(C)=CCNc1ccccc1I. The Morgan fingerprint density at radius 2 is 2.08 bits per heavy atom. The Morgan fingerprint density at radius 1 is 1.38 bits per heavy atom. The number of para-hydroxylation sites is 1. The summed E-state index contributed by atoms with van der Waals surface area (Å²) in [6, 6.07) is 8.30. The molecule has 0 bridgehead atoms. The van der Waals surface area contributed by atoms with Crippen LogP contribution in [-0.4, -0.2) is 6.54 Å². The number of anilines is 1. The number of halogens is 1. The second kappa shape index (κ2) is 5.27. The Balaban J connectivity index is 2.55. The maximum absolute atomic E-state index is 3.36. The number of rotatable bonds is 3. The van der Waals surface area contributed by atoms with E-state index in [0.29, 0.717) is 0 Å². The fourth-order valence-electron chi connectivity index (χ4n) is 0.970. The normalized spacial score (nSPS) is 9.46. The third kappa shape index (κ3) is 3.81. The van der Waals surface area contributed by atoms with Crippen LogP contribution in [-0.2, 0) is 0 Å². The lowest BCUT2D eigenvalue weighted by Gasteiger charge is -2.05. The van der Waals surface area contributed by atoms with Gasteiger partial charge in [-0.2, -0.15) is 0 Å². The summed E-state index contributed by atoms with van der Waals surface area (Å²) in [5.74, 6) is 0. The summed E-state index contributed by atoms with van der Waals surface area (Å²) in [5, 5.41) is 3.36. The molecule has 1 aromatic carbocycles. The summed E-state index contributed by atoms with van der Waals surface area (Å²) < 4.78 is 1.27. The van der Waals surface area contributed by atoms with Crippen LogP contribution >= 0.6 is 22.6 Å². The first-order valence-electron chi connectivity index (χ1n) is 4.32. The molecule has 0 saturated heterocycles. The summed E-state index contributed by atoms with van der Waals surface area (Å²) in [6.07, 6.45) is 2.18. The van der Waals surface area contributed by atoms with Crippen LogP contribution in [0.1, 0.15) is 13.8 Å². The largest absolute Gasteiger partial charge is 0.381 e. The van der Waals surface area contributed by atoms with Gasteiger partial charge in [-0.3, -0.25) is 0 Å². The summed E-state index contributed by atoms with van der Waals surface area (Å²) in [6.45, 7) is 5.12. The van der Waals surface area contributed by atoms with Crippen LogP contribution in [0.5, 0.6) is 0 Å². The molecule has 2 heteroatoms. The Kier molecular flexibility index (Phi) is 4.28. The van der Waals surface area contributed by atoms with Crippen molar-refractivity contribution in [1.29, 1.82) is 0 Å². The minimum atomic E-state index is 0.905. The molecule has 0 amide bonds. The lowest BCUT2D eigenvalue weighted by atomic mass is 10.3. The Morgan fingerprint density at radius 3 is 2.69 bits per heavy atom. The van der Waals surface area contributed by atoms with Gasteiger partial charge >= 0.3 is 0 Å². The van der Waals surface area contributed by atoms with Gasteiger partial charge < -0.3 is 5.32 Å². The van der Waals surface area contributed by atoms with Crippen molar-refractivity contribution in [2.75, 3.05) is 11.9 Å². The van der Waals surface area contributed by atoms with E-state index in [1.165, 1.54) is 14.8 Å². The smallest absolute Gasteiger partial charge is 0.0478 e. The maximum atomic E-state index is 3.36. The average molecular weight is 287 g/mol. The first-order valence-corrected chi connectivity index (χ1v) is 5.40. The molecule has 0 radical (unpaired) electrons. The molecule has 0 aliphatic carbocycles. The van der Waals surface area contributed by atoms with Gasteiger partial charge in [0.25, 0.3) is 0 Å². The van der Waals surface area contributed by atoms with Crippen molar-refractivity contribution < 1.29 is 0 Å². The molecule has 0 heterocycles. The zero-order valence-corrected chi connectivity index (χ0v) is 10.1. The van der Waals surface area contributed by atoms with Crippen LogP contribution < -0.4 is 5.32 Å². The first kappa shape index (κ1) is 10.6. The topological polar surface area (TPSA) is 12.0 Å². The molecule has 13 heavy (non-hydrogen) atoms. The summed E-state index contributed by atoms with van der Waals surface area (Å²) >= 11 is 2.33. The van der Waals surface area contributed by atoms with Crippen LogP contribution in [0.15, 0.2) is 35.9 Å². The van der Waals surface area contributed by atoms with E-state index in [0.717, 1.165) is 6.54 Å². The first-order chi connectivity index (χ1) is 6.20. The van der Waals surface area contributed by atoms with Crippen molar-refractivity contribution in [1.82, 2.24) is 0 Å². The standard InChI is InChI=1S/C11H14IN/c1-9(2)7-8-13-11-6-4-3-5-10(11)12/h3-7,13H,8H2,1-2H3. The number of hydrogen-bond donors (Lipinski definition) is 1. The van der Waals surface area contributed by atoms with E-state index in [1.807, 2.05) is 12.1 Å². The molecular weight excluding hydrogens is 273 g/mol. The third-order valence-corrected chi connectivity index (χ3v) is 2.62. The Hall–Kier alpha value is -0.510. The highest BCUT2D eigenvalue weighted by atomic mass is 127. The highest BCUT2D eigenvalue weighted by Crippen LogP contribution is 2.16. The quantitative estimate of drug-likeness (QED) is 0.660. The lowest BCUT2D eigenvalue weighted by Crippen LogP contribution is -2.00. The van der Waals surface area contributed by atoms with E-state index in [4.69, 9.17) is 0 Å². The molecular formula is C11H14IN. The van der Waals surface area contributed by atoms with Crippen molar-refractivity contribution >= 4 is 28.3 Å². The minimum absolute atomic E-state index is 0.905. The molecule has 0 saturated carbocycles. The third-order valence-electron chi connectivity index (χ3n) is 1.68. The van der Waals surface area contributed by atoms with Crippen LogP contribution in [0, 0.1) is 3.57 Å². The van der Waals surface area contributed by atoms with Gasteiger partial charge in [0.1, 0.15) is 0 Å². The van der Waals surface area contributed by atoms with Crippen LogP contribution in [0.25, 0.3) is 0 Å². The van der Waals surface area contributed by atoms with Crippen molar-refractivity contribution in [3.8, 4) is 0 Å². The predicted molar refractivity (Wildman–Crippen MR) is 67.1 cm³/mol. The summed E-state index contributed by atoms with van der Waals surface area (Å²) in [5.41, 5.74) is 2.55. The average Bonchev–Trinajstić information content (AvgIpc) is 2.08. The minimum Gasteiger partial charge on any atom is -0.381 e. The second-order valence-corrected chi connectivity index (χ2v) is 4.30. The van der Waals surface area contributed by atoms with Gasteiger partial charge in [-0.1, -0.05) is 23.8 Å². The van der Waals surface area contributed by atoms with Gasteiger partial charge in [-0.25, -0.2) is 0 Å². The summed E-state index contributed by atoms with van der Waals surface area (Å²) in [7, 11) is 0. The van der Waals surface area contributed by atoms with E-state index >= 15 is 0 Å². The predicted octanol–water partition coefficient (Wildman–Crippen LogP) is 3.67. The lowest BCUT2D eigenvalue weighted by molar-refractivity contribution is 1.26.